The fourth-order valence-corrected chi connectivity index (χ4v) is 2.32. The van der Waals surface area contributed by atoms with E-state index in [1.165, 1.54) is 28.1 Å². The zero-order valence-corrected chi connectivity index (χ0v) is 15.3. The number of rotatable bonds is 4. The third-order valence-corrected chi connectivity index (χ3v) is 3.85. The van der Waals surface area contributed by atoms with Gasteiger partial charge in [0.15, 0.2) is 12.6 Å². The van der Waals surface area contributed by atoms with E-state index in [0.717, 1.165) is 19.5 Å². The molecular weight excluding hydrogens is 288 g/mol. The Labute approximate surface area is 140 Å². The average Bonchev–Trinajstić information content (AvgIpc) is 3.05. The predicted molar refractivity (Wildman–Crippen MR) is 96.0 cm³/mol. The number of fused-ring (bicyclic) bond motifs is 1. The van der Waals surface area contributed by atoms with Crippen molar-refractivity contribution in [2.24, 2.45) is 0 Å². The van der Waals surface area contributed by atoms with E-state index in [9.17, 15) is 0 Å². The van der Waals surface area contributed by atoms with Gasteiger partial charge in [0.25, 0.3) is 0 Å². The van der Waals surface area contributed by atoms with Crippen LogP contribution < -0.4 is 5.32 Å². The first kappa shape index (κ1) is 20.9. The second kappa shape index (κ2) is 11.5. The van der Waals surface area contributed by atoms with E-state index < -0.39 is 0 Å². The highest BCUT2D eigenvalue weighted by atomic mass is 16.2. The number of nitrogens with zero attached hydrogens (tertiary/aromatic N) is 1. The smallest absolute Gasteiger partial charge is 0.182 e. The number of aryl methyl sites for hydroxylation is 1. The molecule has 4 heteroatoms. The molecule has 1 aromatic rings. The Morgan fingerprint density at radius 1 is 1.13 bits per heavy atom. The normalized spacial score (nSPS) is 12.7. The zero-order valence-electron chi connectivity index (χ0n) is 15.3. The lowest BCUT2D eigenvalue weighted by molar-refractivity contribution is -0.122. The Morgan fingerprint density at radius 2 is 1.70 bits per heavy atom. The standard InChI is InChI=1S/C15H22N2.C2H2O2.C2H6/c1-5-13-6-7-14-9-17(10-15(14)8-13)12(3)11(2)16-4;3-1-2-4;1-2/h6-8,16H,5,9-10H2,1-4H3;1-2H;1-2H3/b12-11-;;. The highest BCUT2D eigenvalue weighted by molar-refractivity contribution is 6.09. The second-order valence-corrected chi connectivity index (χ2v) is 5.05. The van der Waals surface area contributed by atoms with Crippen LogP contribution in [0.4, 0.5) is 0 Å². The van der Waals surface area contributed by atoms with Crippen molar-refractivity contribution in [1.29, 1.82) is 0 Å². The van der Waals surface area contributed by atoms with Gasteiger partial charge in [-0.15, -0.1) is 0 Å². The minimum Gasteiger partial charge on any atom is -0.390 e. The predicted octanol–water partition coefficient (Wildman–Crippen LogP) is 3.45. The van der Waals surface area contributed by atoms with Crippen LogP contribution in [0.5, 0.6) is 0 Å². The van der Waals surface area contributed by atoms with Crippen molar-refractivity contribution in [3.8, 4) is 0 Å². The lowest BCUT2D eigenvalue weighted by Crippen LogP contribution is -2.18. The van der Waals surface area contributed by atoms with Gasteiger partial charge in [0.2, 0.25) is 0 Å². The van der Waals surface area contributed by atoms with Crippen LogP contribution in [0.1, 0.15) is 51.3 Å². The van der Waals surface area contributed by atoms with Crippen LogP contribution in [0.25, 0.3) is 0 Å². The Bertz CT molecular complexity index is 530. The number of hydrogen-bond acceptors (Lipinski definition) is 4. The summed E-state index contributed by atoms with van der Waals surface area (Å²) < 4.78 is 0. The molecule has 0 atom stereocenters. The molecule has 1 aliphatic rings. The largest absolute Gasteiger partial charge is 0.390 e. The molecule has 1 N–H and O–H groups in total. The van der Waals surface area contributed by atoms with Gasteiger partial charge in [0.05, 0.1) is 0 Å². The first-order chi connectivity index (χ1) is 11.1. The number of carbonyl (C=O) groups excluding carboxylic acids is 2. The molecule has 0 amide bonds. The van der Waals surface area contributed by atoms with Crippen molar-refractivity contribution in [1.82, 2.24) is 10.2 Å². The van der Waals surface area contributed by atoms with Crippen LogP contribution in [-0.2, 0) is 29.1 Å². The van der Waals surface area contributed by atoms with E-state index in [0.29, 0.717) is 0 Å². The van der Waals surface area contributed by atoms with E-state index in [1.54, 1.807) is 0 Å². The van der Waals surface area contributed by atoms with E-state index >= 15 is 0 Å². The summed E-state index contributed by atoms with van der Waals surface area (Å²) in [5, 5.41) is 3.23. The number of aldehydes is 2. The summed E-state index contributed by atoms with van der Waals surface area (Å²) in [6.45, 7) is 12.6. The molecule has 23 heavy (non-hydrogen) atoms. The van der Waals surface area contributed by atoms with E-state index in [2.05, 4.69) is 49.2 Å². The molecule has 0 bridgehead atoms. The first-order valence-electron chi connectivity index (χ1n) is 8.17. The zero-order chi connectivity index (χ0) is 17.8. The molecule has 0 radical (unpaired) electrons. The van der Waals surface area contributed by atoms with E-state index in [-0.39, 0.29) is 12.6 Å². The van der Waals surface area contributed by atoms with Gasteiger partial charge in [0, 0.05) is 31.5 Å². The van der Waals surface area contributed by atoms with Crippen LogP contribution in [0.15, 0.2) is 29.6 Å². The highest BCUT2D eigenvalue weighted by Gasteiger charge is 2.19. The molecule has 0 aromatic heterocycles. The van der Waals surface area contributed by atoms with Crippen molar-refractivity contribution in [2.45, 2.75) is 54.1 Å². The Morgan fingerprint density at radius 3 is 2.17 bits per heavy atom. The van der Waals surface area contributed by atoms with E-state index in [1.807, 2.05) is 20.9 Å². The molecular formula is C19H30N2O2. The number of hydrogen-bond donors (Lipinski definition) is 1. The van der Waals surface area contributed by atoms with Gasteiger partial charge in [-0.05, 0) is 37.0 Å². The van der Waals surface area contributed by atoms with Crippen molar-refractivity contribution >= 4 is 12.6 Å². The maximum Gasteiger partial charge on any atom is 0.182 e. The quantitative estimate of drug-likeness (QED) is 0.682. The minimum absolute atomic E-state index is 0.194. The monoisotopic (exact) mass is 318 g/mol. The third kappa shape index (κ3) is 6.27. The first-order valence-corrected chi connectivity index (χ1v) is 8.17. The number of carbonyl (C=O) groups is 2. The van der Waals surface area contributed by atoms with Gasteiger partial charge in [-0.3, -0.25) is 9.59 Å². The maximum atomic E-state index is 8.81. The van der Waals surface area contributed by atoms with Crippen LogP contribution >= 0.6 is 0 Å². The summed E-state index contributed by atoms with van der Waals surface area (Å²) in [5.41, 5.74) is 7.02. The summed E-state index contributed by atoms with van der Waals surface area (Å²) >= 11 is 0. The van der Waals surface area contributed by atoms with Crippen molar-refractivity contribution < 1.29 is 9.59 Å². The molecule has 1 aliphatic heterocycles. The second-order valence-electron chi connectivity index (χ2n) is 5.05. The molecule has 0 fully saturated rings. The SMILES string of the molecule is CC.CCc1ccc2c(c1)CN(/C(C)=C(/C)NC)C2.O=CC=O. The molecule has 0 unspecified atom stereocenters. The molecule has 1 aromatic carbocycles. The average molecular weight is 318 g/mol. The molecule has 2 rings (SSSR count). The molecule has 0 aliphatic carbocycles. The molecule has 0 saturated carbocycles. The number of nitrogens with one attached hydrogen (secondary N) is 1. The topological polar surface area (TPSA) is 49.4 Å². The highest BCUT2D eigenvalue weighted by Crippen LogP contribution is 2.27. The van der Waals surface area contributed by atoms with Gasteiger partial charge >= 0.3 is 0 Å². The molecule has 0 saturated heterocycles. The lowest BCUT2D eigenvalue weighted by atomic mass is 10.1. The summed E-state index contributed by atoms with van der Waals surface area (Å²) in [4.78, 5) is 20.1. The fraction of sp³-hybridized carbons (Fsp3) is 0.474. The summed E-state index contributed by atoms with van der Waals surface area (Å²) in [7, 11) is 1.98. The molecule has 0 spiro atoms. The van der Waals surface area contributed by atoms with Gasteiger partial charge in [-0.2, -0.15) is 0 Å². The third-order valence-electron chi connectivity index (χ3n) is 3.85. The van der Waals surface area contributed by atoms with Crippen molar-refractivity contribution in [3.05, 3.63) is 46.3 Å². The summed E-state index contributed by atoms with van der Waals surface area (Å²) in [6, 6.07) is 6.90. The van der Waals surface area contributed by atoms with Crippen LogP contribution in [0.3, 0.4) is 0 Å². The molecule has 1 heterocycles. The maximum absolute atomic E-state index is 8.81. The lowest BCUT2D eigenvalue weighted by Gasteiger charge is -2.20. The Balaban J connectivity index is 0.000000705. The van der Waals surface area contributed by atoms with Gasteiger partial charge < -0.3 is 10.2 Å². The number of benzene rings is 1. The van der Waals surface area contributed by atoms with Crippen molar-refractivity contribution in [2.75, 3.05) is 7.05 Å². The van der Waals surface area contributed by atoms with Crippen molar-refractivity contribution in [3.63, 3.8) is 0 Å². The van der Waals surface area contributed by atoms with E-state index in [4.69, 9.17) is 9.59 Å². The Hall–Kier alpha value is -2.10. The van der Waals surface area contributed by atoms with Gasteiger partial charge in [-0.25, -0.2) is 0 Å². The summed E-state index contributed by atoms with van der Waals surface area (Å²) in [6.07, 6.45) is 1.51. The van der Waals surface area contributed by atoms with Crippen LogP contribution in [0, 0.1) is 0 Å². The minimum atomic E-state index is 0.194. The van der Waals surface area contributed by atoms with Gasteiger partial charge in [-0.1, -0.05) is 39.0 Å². The van der Waals surface area contributed by atoms with Crippen LogP contribution in [0.2, 0.25) is 0 Å². The molecule has 4 nitrogen and oxygen atoms in total. The Kier molecular flexibility index (Phi) is 10.4. The van der Waals surface area contributed by atoms with Crippen LogP contribution in [-0.4, -0.2) is 24.5 Å². The van der Waals surface area contributed by atoms with Gasteiger partial charge in [0.1, 0.15) is 0 Å². The summed E-state index contributed by atoms with van der Waals surface area (Å²) in [5.74, 6) is 0. The number of allylic oxidation sites excluding steroid dienone is 2. The molecule has 128 valence electrons. The fourth-order valence-electron chi connectivity index (χ4n) is 2.32.